The Labute approximate surface area is 175 Å². The molecular weight excluding hydrogens is 387 g/mol. The summed E-state index contributed by atoms with van der Waals surface area (Å²) < 4.78 is 22.5. The normalized spacial score (nSPS) is 33.8. The first-order valence-corrected chi connectivity index (χ1v) is 10.5. The lowest BCUT2D eigenvalue weighted by molar-refractivity contribution is -0.172. The first-order valence-electron chi connectivity index (χ1n) is 10.5. The second-order valence-electron chi connectivity index (χ2n) is 9.17. The first kappa shape index (κ1) is 21.0. The second-order valence-corrected chi connectivity index (χ2v) is 9.17. The molecular formula is C23H29FN2O4. The van der Waals surface area contributed by atoms with Crippen LogP contribution in [0, 0.1) is 11.3 Å². The lowest BCUT2D eigenvalue weighted by Gasteiger charge is -2.37. The molecule has 3 aliphatic rings. The van der Waals surface area contributed by atoms with E-state index in [1.165, 1.54) is 4.57 Å². The molecule has 162 valence electrons. The van der Waals surface area contributed by atoms with Crippen molar-refractivity contribution in [3.8, 4) is 0 Å². The molecule has 1 aromatic rings. The van der Waals surface area contributed by atoms with Gasteiger partial charge in [-0.3, -0.25) is 4.79 Å². The van der Waals surface area contributed by atoms with E-state index in [9.17, 15) is 14.7 Å². The molecule has 0 amide bonds. The number of esters is 1. The zero-order chi connectivity index (χ0) is 22.0. The number of pyridine rings is 1. The number of cyclic esters (lactones) is 1. The van der Waals surface area contributed by atoms with Crippen LogP contribution in [0.4, 0.5) is 4.39 Å². The van der Waals surface area contributed by atoms with E-state index in [1.54, 1.807) is 19.9 Å². The molecule has 3 heterocycles. The number of nitrogens with two attached hydrogens (primary N) is 1. The minimum Gasteiger partial charge on any atom is -0.458 e. The van der Waals surface area contributed by atoms with Crippen molar-refractivity contribution in [1.29, 1.82) is 0 Å². The smallest absolute Gasteiger partial charge is 0.343 e. The molecule has 7 heteroatoms. The molecule has 1 aromatic heterocycles. The summed E-state index contributed by atoms with van der Waals surface area (Å²) in [5, 5.41) is 10.9. The van der Waals surface area contributed by atoms with Gasteiger partial charge in [0.25, 0.3) is 5.56 Å². The number of carbonyl (C=O) groups excluding carboxylic acids is 1. The van der Waals surface area contributed by atoms with Crippen LogP contribution in [0.5, 0.6) is 0 Å². The highest BCUT2D eigenvalue weighted by Crippen LogP contribution is 2.54. The van der Waals surface area contributed by atoms with Crippen LogP contribution < -0.4 is 11.3 Å². The quantitative estimate of drug-likeness (QED) is 0.686. The number of hydrogen-bond donors (Lipinski definition) is 2. The minimum atomic E-state index is -1.90. The third-order valence-electron chi connectivity index (χ3n) is 7.38. The monoisotopic (exact) mass is 416 g/mol. The molecule has 6 nitrogen and oxygen atoms in total. The minimum absolute atomic E-state index is 0.0618. The predicted octanol–water partition coefficient (Wildman–Crippen LogP) is 3.12. The van der Waals surface area contributed by atoms with E-state index in [0.29, 0.717) is 17.7 Å². The van der Waals surface area contributed by atoms with Crippen molar-refractivity contribution in [2.75, 3.05) is 0 Å². The topological polar surface area (TPSA) is 94.5 Å². The van der Waals surface area contributed by atoms with E-state index in [4.69, 9.17) is 10.5 Å². The Morgan fingerprint density at radius 3 is 2.80 bits per heavy atom. The van der Waals surface area contributed by atoms with Crippen molar-refractivity contribution in [3.05, 3.63) is 56.8 Å². The number of nitrogens with zero attached hydrogens (tertiary/aromatic N) is 1. The molecule has 2 unspecified atom stereocenters. The summed E-state index contributed by atoms with van der Waals surface area (Å²) in [5.41, 5.74) is 5.48. The summed E-state index contributed by atoms with van der Waals surface area (Å²) in [7, 11) is 0. The number of allylic oxidation sites excluding steroid dienone is 2. The molecule has 0 saturated heterocycles. The molecule has 0 fully saturated rings. The van der Waals surface area contributed by atoms with Gasteiger partial charge in [-0.15, -0.1) is 0 Å². The van der Waals surface area contributed by atoms with Gasteiger partial charge >= 0.3 is 5.97 Å². The summed E-state index contributed by atoms with van der Waals surface area (Å²) in [4.78, 5) is 25.6. The van der Waals surface area contributed by atoms with Crippen LogP contribution >= 0.6 is 0 Å². The Balaban J connectivity index is 1.94. The second kappa shape index (κ2) is 6.89. The maximum Gasteiger partial charge on any atom is 0.343 e. The molecule has 4 rings (SSSR count). The number of halogens is 1. The summed E-state index contributed by atoms with van der Waals surface area (Å²) in [6.45, 7) is 9.39. The van der Waals surface area contributed by atoms with Crippen molar-refractivity contribution in [1.82, 2.24) is 4.57 Å². The highest BCUT2D eigenvalue weighted by molar-refractivity contribution is 5.83. The van der Waals surface area contributed by atoms with Gasteiger partial charge in [-0.2, -0.15) is 0 Å². The maximum atomic E-state index is 15.9. The highest BCUT2D eigenvalue weighted by atomic mass is 19.1. The van der Waals surface area contributed by atoms with E-state index >= 15 is 4.39 Å². The fraction of sp³-hybridized carbons (Fsp3) is 0.565. The van der Waals surface area contributed by atoms with Gasteiger partial charge in [0.1, 0.15) is 12.4 Å². The molecule has 0 radical (unpaired) electrons. The van der Waals surface area contributed by atoms with Crippen LogP contribution in [0.15, 0.2) is 34.4 Å². The molecule has 1 spiro atoms. The average Bonchev–Trinajstić information content (AvgIpc) is 3.01. The number of rotatable bonds is 1. The number of fused-ring (bicyclic) bond motifs is 2. The van der Waals surface area contributed by atoms with E-state index < -0.39 is 23.0 Å². The van der Waals surface area contributed by atoms with E-state index in [-0.39, 0.29) is 48.0 Å². The van der Waals surface area contributed by atoms with Crippen molar-refractivity contribution in [2.45, 2.75) is 71.2 Å². The summed E-state index contributed by atoms with van der Waals surface area (Å²) in [5.74, 6) is -0.893. The molecule has 3 N–H and O–H groups in total. The maximum absolute atomic E-state index is 15.9. The number of aliphatic hydroxyl groups is 1. The summed E-state index contributed by atoms with van der Waals surface area (Å²) >= 11 is 0. The third kappa shape index (κ3) is 2.68. The van der Waals surface area contributed by atoms with Gasteiger partial charge in [0.05, 0.1) is 17.0 Å². The molecule has 30 heavy (non-hydrogen) atoms. The largest absolute Gasteiger partial charge is 0.458 e. The number of hydrogen-bond acceptors (Lipinski definition) is 5. The molecule has 2 aliphatic heterocycles. The summed E-state index contributed by atoms with van der Waals surface area (Å²) in [6.07, 6.45) is 2.17. The molecule has 4 atom stereocenters. The van der Waals surface area contributed by atoms with Crippen LogP contribution in [0.3, 0.4) is 0 Å². The van der Waals surface area contributed by atoms with E-state index in [1.807, 2.05) is 0 Å². The zero-order valence-electron chi connectivity index (χ0n) is 17.8. The predicted molar refractivity (Wildman–Crippen MR) is 110 cm³/mol. The van der Waals surface area contributed by atoms with Gasteiger partial charge in [0, 0.05) is 17.8 Å². The molecule has 0 aromatic carbocycles. The van der Waals surface area contributed by atoms with Crippen LogP contribution in [0.25, 0.3) is 0 Å². The Kier molecular flexibility index (Phi) is 4.82. The van der Waals surface area contributed by atoms with Crippen LogP contribution in [-0.4, -0.2) is 15.6 Å². The Morgan fingerprint density at radius 2 is 2.13 bits per heavy atom. The van der Waals surface area contributed by atoms with Crippen LogP contribution in [0.1, 0.15) is 69.3 Å². The number of carbonyl (C=O) groups is 1. The van der Waals surface area contributed by atoms with Crippen molar-refractivity contribution < 1.29 is 19.0 Å². The van der Waals surface area contributed by atoms with Gasteiger partial charge in [-0.1, -0.05) is 20.4 Å². The van der Waals surface area contributed by atoms with Gasteiger partial charge in [-0.25, -0.2) is 9.18 Å². The number of aromatic nitrogens is 1. The summed E-state index contributed by atoms with van der Waals surface area (Å²) in [6, 6.07) is 0.832. The molecule has 1 aliphatic carbocycles. The van der Waals surface area contributed by atoms with E-state index in [0.717, 1.165) is 18.4 Å². The zero-order valence-corrected chi connectivity index (χ0v) is 17.8. The van der Waals surface area contributed by atoms with Gasteiger partial charge in [0.2, 0.25) is 0 Å². The lowest BCUT2D eigenvalue weighted by Crippen LogP contribution is -2.44. The SMILES string of the molecule is C=C1CC[C@H](C)CC2(Cn3c(cc4c(c3=O)COC(=O)[C@]4(O)CC)C2N)C(F)=C1C. The fourth-order valence-corrected chi connectivity index (χ4v) is 5.35. The standard InChI is InChI=1S/C23H29FN2O4/c1-5-23(29)16-8-17-19(25)22(9-12(2)6-7-13(3)14(4)18(22)24)11-26(17)20(27)15(16)10-30-21(23)28/h8,12,19,29H,3,5-7,9-11,25H2,1-2,4H3/t12-,19?,22?,23-/m0/s1. The Bertz CT molecular complexity index is 1040. The van der Waals surface area contributed by atoms with Crippen molar-refractivity contribution in [2.24, 2.45) is 17.1 Å². The van der Waals surface area contributed by atoms with Gasteiger partial charge < -0.3 is 20.1 Å². The molecule has 0 bridgehead atoms. The van der Waals surface area contributed by atoms with Crippen LogP contribution in [0.2, 0.25) is 0 Å². The third-order valence-corrected chi connectivity index (χ3v) is 7.38. The van der Waals surface area contributed by atoms with Gasteiger partial charge in [-0.05, 0) is 55.7 Å². The van der Waals surface area contributed by atoms with Crippen molar-refractivity contribution >= 4 is 5.97 Å². The first-order chi connectivity index (χ1) is 14.1. The lowest BCUT2D eigenvalue weighted by atomic mass is 9.69. The van der Waals surface area contributed by atoms with E-state index in [2.05, 4.69) is 13.5 Å². The fourth-order valence-electron chi connectivity index (χ4n) is 5.35. The van der Waals surface area contributed by atoms with Crippen molar-refractivity contribution in [3.63, 3.8) is 0 Å². The number of ether oxygens (including phenoxy) is 1. The molecule has 0 saturated carbocycles. The van der Waals surface area contributed by atoms with Crippen LogP contribution in [-0.2, 0) is 28.3 Å². The Hall–Kier alpha value is -2.25. The Morgan fingerprint density at radius 1 is 1.43 bits per heavy atom. The average molecular weight is 416 g/mol. The highest BCUT2D eigenvalue weighted by Gasteiger charge is 2.53. The van der Waals surface area contributed by atoms with Gasteiger partial charge in [0.15, 0.2) is 5.60 Å².